The monoisotopic (exact) mass is 292 g/mol. The maximum absolute atomic E-state index is 6.16. The second-order valence-corrected chi connectivity index (χ2v) is 6.72. The molecular weight excluding hydrogens is 268 g/mol. The van der Waals surface area contributed by atoms with Gasteiger partial charge < -0.3 is 14.0 Å². The van der Waals surface area contributed by atoms with Crippen molar-refractivity contribution in [1.82, 2.24) is 10.1 Å². The van der Waals surface area contributed by atoms with Gasteiger partial charge in [-0.2, -0.15) is 0 Å². The number of fused-ring (bicyclic) bond motifs is 1. The molecule has 1 saturated carbocycles. The minimum absolute atomic E-state index is 0.226. The van der Waals surface area contributed by atoms with Gasteiger partial charge in [0.15, 0.2) is 0 Å². The lowest BCUT2D eigenvalue weighted by Crippen LogP contribution is -2.41. The standard InChI is InChI=1S/C16H24N2O3/c1-11-7-13(17-21-11)8-18-9-15(20-10-12-4-5-12)16-14(18)3-2-6-19-16/h7,12,14-16H,2-6,8-10H2,1H3/t14-,15+,16+/m1/s1. The molecule has 0 bridgehead atoms. The summed E-state index contributed by atoms with van der Waals surface area (Å²) in [6.45, 7) is 5.52. The number of ether oxygens (including phenoxy) is 2. The molecule has 0 N–H and O–H groups in total. The van der Waals surface area contributed by atoms with E-state index in [4.69, 9.17) is 14.0 Å². The predicted molar refractivity (Wildman–Crippen MR) is 76.9 cm³/mol. The first-order chi connectivity index (χ1) is 10.3. The number of hydrogen-bond donors (Lipinski definition) is 0. The zero-order valence-electron chi connectivity index (χ0n) is 12.7. The van der Waals surface area contributed by atoms with Crippen LogP contribution < -0.4 is 0 Å². The Morgan fingerprint density at radius 3 is 3.05 bits per heavy atom. The van der Waals surface area contributed by atoms with Gasteiger partial charge in [-0.1, -0.05) is 5.16 Å². The first-order valence-electron chi connectivity index (χ1n) is 8.19. The first-order valence-corrected chi connectivity index (χ1v) is 8.19. The van der Waals surface area contributed by atoms with Crippen LogP contribution in [0.5, 0.6) is 0 Å². The fraction of sp³-hybridized carbons (Fsp3) is 0.812. The Kier molecular flexibility index (Phi) is 3.73. The molecular formula is C16H24N2O3. The van der Waals surface area contributed by atoms with Crippen molar-refractivity contribution in [3.63, 3.8) is 0 Å². The van der Waals surface area contributed by atoms with Crippen molar-refractivity contribution in [2.24, 2.45) is 5.92 Å². The van der Waals surface area contributed by atoms with Crippen LogP contribution in [-0.2, 0) is 16.0 Å². The second kappa shape index (κ2) is 5.71. The third-order valence-electron chi connectivity index (χ3n) is 4.87. The predicted octanol–water partition coefficient (Wildman–Crippen LogP) is 2.14. The van der Waals surface area contributed by atoms with Crippen molar-refractivity contribution >= 4 is 0 Å². The molecule has 116 valence electrons. The van der Waals surface area contributed by atoms with E-state index in [1.54, 1.807) is 0 Å². The van der Waals surface area contributed by atoms with E-state index < -0.39 is 0 Å². The highest BCUT2D eigenvalue weighted by molar-refractivity contribution is 5.06. The van der Waals surface area contributed by atoms with Gasteiger partial charge in [0, 0.05) is 38.4 Å². The molecule has 1 aromatic heterocycles. The van der Waals surface area contributed by atoms with E-state index >= 15 is 0 Å². The zero-order chi connectivity index (χ0) is 14.2. The van der Waals surface area contributed by atoms with Gasteiger partial charge in [0.1, 0.15) is 11.9 Å². The molecule has 0 amide bonds. The molecule has 4 rings (SSSR count). The van der Waals surface area contributed by atoms with E-state index in [1.807, 2.05) is 13.0 Å². The summed E-state index contributed by atoms with van der Waals surface area (Å²) < 4.78 is 17.4. The summed E-state index contributed by atoms with van der Waals surface area (Å²) in [6.07, 6.45) is 5.48. The zero-order valence-corrected chi connectivity index (χ0v) is 12.7. The van der Waals surface area contributed by atoms with Crippen molar-refractivity contribution in [1.29, 1.82) is 0 Å². The average Bonchev–Trinajstić information content (AvgIpc) is 3.15. The maximum atomic E-state index is 6.16. The SMILES string of the molecule is Cc1cc(CN2C[C@H](OCC3CC3)[C@H]3OCCC[C@H]32)no1. The van der Waals surface area contributed by atoms with E-state index in [-0.39, 0.29) is 12.2 Å². The molecule has 5 nitrogen and oxygen atoms in total. The number of aromatic nitrogens is 1. The van der Waals surface area contributed by atoms with Gasteiger partial charge in [-0.15, -0.1) is 0 Å². The van der Waals surface area contributed by atoms with Crippen molar-refractivity contribution in [2.75, 3.05) is 19.8 Å². The highest BCUT2D eigenvalue weighted by Gasteiger charge is 2.45. The molecule has 21 heavy (non-hydrogen) atoms. The van der Waals surface area contributed by atoms with E-state index in [1.165, 1.54) is 19.3 Å². The van der Waals surface area contributed by atoms with Gasteiger partial charge in [0.2, 0.25) is 0 Å². The van der Waals surface area contributed by atoms with Gasteiger partial charge in [-0.3, -0.25) is 4.90 Å². The van der Waals surface area contributed by atoms with Crippen LogP contribution >= 0.6 is 0 Å². The van der Waals surface area contributed by atoms with Crippen LogP contribution in [0.1, 0.15) is 37.1 Å². The molecule has 2 saturated heterocycles. The van der Waals surface area contributed by atoms with Crippen molar-refractivity contribution in [3.8, 4) is 0 Å². The lowest BCUT2D eigenvalue weighted by Gasteiger charge is -2.32. The Bertz CT molecular complexity index is 486. The van der Waals surface area contributed by atoms with E-state index in [2.05, 4.69) is 10.1 Å². The van der Waals surface area contributed by atoms with Crippen LogP contribution in [-0.4, -0.2) is 48.1 Å². The summed E-state index contributed by atoms with van der Waals surface area (Å²) in [5.74, 6) is 1.68. The smallest absolute Gasteiger partial charge is 0.133 e. The van der Waals surface area contributed by atoms with E-state index in [0.29, 0.717) is 6.04 Å². The summed E-state index contributed by atoms with van der Waals surface area (Å²) in [4.78, 5) is 2.47. The molecule has 1 aliphatic carbocycles. The Morgan fingerprint density at radius 2 is 2.29 bits per heavy atom. The number of nitrogens with zero attached hydrogens (tertiary/aromatic N) is 2. The van der Waals surface area contributed by atoms with Gasteiger partial charge >= 0.3 is 0 Å². The molecule has 0 aromatic carbocycles. The summed E-state index contributed by atoms with van der Waals surface area (Å²) >= 11 is 0. The summed E-state index contributed by atoms with van der Waals surface area (Å²) in [5.41, 5.74) is 1.01. The first kappa shape index (κ1) is 13.7. The van der Waals surface area contributed by atoms with Crippen molar-refractivity contribution in [2.45, 2.75) is 57.4 Å². The molecule has 0 spiro atoms. The van der Waals surface area contributed by atoms with Crippen LogP contribution in [0.3, 0.4) is 0 Å². The summed E-state index contributed by atoms with van der Waals surface area (Å²) in [6, 6.07) is 2.50. The second-order valence-electron chi connectivity index (χ2n) is 6.72. The molecule has 3 heterocycles. The molecule has 0 radical (unpaired) electrons. The maximum Gasteiger partial charge on any atom is 0.133 e. The lowest BCUT2D eigenvalue weighted by atomic mass is 10.0. The third kappa shape index (κ3) is 3.00. The van der Waals surface area contributed by atoms with Crippen LogP contribution in [0.25, 0.3) is 0 Å². The average molecular weight is 292 g/mol. The molecule has 1 aromatic rings. The molecule has 3 atom stereocenters. The molecule has 5 heteroatoms. The molecule has 3 aliphatic rings. The summed E-state index contributed by atoms with van der Waals surface area (Å²) in [7, 11) is 0. The molecule has 0 unspecified atom stereocenters. The highest BCUT2D eigenvalue weighted by atomic mass is 16.5. The Hall–Kier alpha value is -0.910. The Morgan fingerprint density at radius 1 is 1.38 bits per heavy atom. The minimum atomic E-state index is 0.226. The van der Waals surface area contributed by atoms with Crippen LogP contribution in [0.2, 0.25) is 0 Å². The number of rotatable bonds is 5. The topological polar surface area (TPSA) is 47.7 Å². The minimum Gasteiger partial charge on any atom is -0.374 e. The number of likely N-dealkylation sites (tertiary alicyclic amines) is 1. The molecule has 2 aliphatic heterocycles. The van der Waals surface area contributed by atoms with Crippen molar-refractivity contribution in [3.05, 3.63) is 17.5 Å². The van der Waals surface area contributed by atoms with Gasteiger partial charge in [0.05, 0.1) is 11.8 Å². The number of aryl methyl sites for hydroxylation is 1. The fourth-order valence-electron chi connectivity index (χ4n) is 3.58. The van der Waals surface area contributed by atoms with Gasteiger partial charge in [-0.25, -0.2) is 0 Å². The lowest BCUT2D eigenvalue weighted by molar-refractivity contribution is -0.0792. The highest BCUT2D eigenvalue weighted by Crippen LogP contribution is 2.34. The number of hydrogen-bond acceptors (Lipinski definition) is 5. The van der Waals surface area contributed by atoms with Gasteiger partial charge in [-0.05, 0) is 38.5 Å². The summed E-state index contributed by atoms with van der Waals surface area (Å²) in [5, 5.41) is 4.13. The fourth-order valence-corrected chi connectivity index (χ4v) is 3.58. The largest absolute Gasteiger partial charge is 0.374 e. The van der Waals surface area contributed by atoms with E-state index in [9.17, 15) is 0 Å². The Labute approximate surface area is 125 Å². The van der Waals surface area contributed by atoms with Crippen LogP contribution in [0.15, 0.2) is 10.6 Å². The quantitative estimate of drug-likeness (QED) is 0.832. The Balaban J connectivity index is 1.42. The van der Waals surface area contributed by atoms with E-state index in [0.717, 1.165) is 50.1 Å². The third-order valence-corrected chi connectivity index (χ3v) is 4.87. The normalized spacial score (nSPS) is 33.3. The van der Waals surface area contributed by atoms with Crippen molar-refractivity contribution < 1.29 is 14.0 Å². The van der Waals surface area contributed by atoms with Crippen LogP contribution in [0.4, 0.5) is 0 Å². The molecule has 3 fully saturated rings. The van der Waals surface area contributed by atoms with Crippen LogP contribution in [0, 0.1) is 12.8 Å². The van der Waals surface area contributed by atoms with Gasteiger partial charge in [0.25, 0.3) is 0 Å².